The highest BCUT2D eigenvalue weighted by Crippen LogP contribution is 2.55. The zero-order valence-corrected chi connectivity index (χ0v) is 9.86. The van der Waals surface area contributed by atoms with Gasteiger partial charge in [-0.3, -0.25) is 4.79 Å². The number of carbonyl (C=O) groups is 1. The monoisotopic (exact) mass is 220 g/mol. The topological polar surface area (TPSA) is 37.3 Å². The Balaban J connectivity index is 2.37. The third kappa shape index (κ3) is 1.40. The maximum atomic E-state index is 12.3. The molecule has 0 amide bonds. The quantitative estimate of drug-likeness (QED) is 0.741. The fourth-order valence-corrected chi connectivity index (χ4v) is 3.65. The lowest BCUT2D eigenvalue weighted by Crippen LogP contribution is -2.32. The number of Topliss-reactive ketones (excluding diaryl/α,β-unsaturated/α-hetero) is 1. The first-order valence-electron chi connectivity index (χ1n) is 6.00. The Kier molecular flexibility index (Phi) is 2.79. The van der Waals surface area contributed by atoms with Crippen molar-refractivity contribution in [2.45, 2.75) is 32.3 Å². The van der Waals surface area contributed by atoms with Crippen LogP contribution in [0.5, 0.6) is 0 Å². The lowest BCUT2D eigenvalue weighted by Gasteiger charge is -2.35. The molecule has 2 saturated carbocycles. The zero-order chi connectivity index (χ0) is 11.9. The van der Waals surface area contributed by atoms with Gasteiger partial charge in [-0.25, -0.2) is 0 Å². The maximum Gasteiger partial charge on any atom is 0.145 e. The summed E-state index contributed by atoms with van der Waals surface area (Å²) in [5.74, 6) is 0.687. The fraction of sp³-hybridized carbons (Fsp3) is 0.643. The van der Waals surface area contributed by atoms with Crippen LogP contribution in [-0.4, -0.2) is 17.0 Å². The molecular formula is C14H20O2. The minimum atomic E-state index is -0.474. The minimum absolute atomic E-state index is 0.147. The Morgan fingerprint density at radius 2 is 2.19 bits per heavy atom. The molecule has 0 radical (unpaired) electrons. The Hall–Kier alpha value is -0.890. The van der Waals surface area contributed by atoms with E-state index in [9.17, 15) is 9.90 Å². The van der Waals surface area contributed by atoms with Gasteiger partial charge in [-0.2, -0.15) is 0 Å². The van der Waals surface area contributed by atoms with Crippen molar-refractivity contribution < 1.29 is 9.90 Å². The molecule has 2 aliphatic carbocycles. The molecule has 5 atom stereocenters. The van der Waals surface area contributed by atoms with E-state index in [0.29, 0.717) is 18.8 Å². The molecule has 88 valence electrons. The van der Waals surface area contributed by atoms with E-state index in [2.05, 4.69) is 13.2 Å². The van der Waals surface area contributed by atoms with E-state index >= 15 is 0 Å². The van der Waals surface area contributed by atoms with Crippen LogP contribution in [0.25, 0.3) is 0 Å². The third-order valence-corrected chi connectivity index (χ3v) is 4.59. The SMILES string of the molecule is C=CC[C@]1(C)C(=O)[C@@H]2C[C@H]1[C@@H](C=C)C[C@@H]2O. The van der Waals surface area contributed by atoms with Crippen LogP contribution in [0.4, 0.5) is 0 Å². The van der Waals surface area contributed by atoms with E-state index in [1.54, 1.807) is 0 Å². The smallest absolute Gasteiger partial charge is 0.145 e. The summed E-state index contributed by atoms with van der Waals surface area (Å²) in [6, 6.07) is 0. The van der Waals surface area contributed by atoms with Gasteiger partial charge in [0.05, 0.1) is 6.10 Å². The molecule has 2 fully saturated rings. The van der Waals surface area contributed by atoms with E-state index in [1.165, 1.54) is 0 Å². The van der Waals surface area contributed by atoms with E-state index < -0.39 is 6.10 Å². The summed E-state index contributed by atoms with van der Waals surface area (Å²) in [4.78, 5) is 12.3. The summed E-state index contributed by atoms with van der Waals surface area (Å²) < 4.78 is 0. The molecule has 0 aromatic heterocycles. The summed E-state index contributed by atoms with van der Waals surface area (Å²) in [6.07, 6.45) is 5.48. The number of allylic oxidation sites excluding steroid dienone is 2. The van der Waals surface area contributed by atoms with Gasteiger partial charge in [0.2, 0.25) is 0 Å². The molecule has 0 heterocycles. The van der Waals surface area contributed by atoms with Gasteiger partial charge in [-0.1, -0.05) is 19.1 Å². The molecule has 2 rings (SSSR count). The average Bonchev–Trinajstić information content (AvgIpc) is 2.47. The highest BCUT2D eigenvalue weighted by molar-refractivity contribution is 5.90. The van der Waals surface area contributed by atoms with Crippen molar-refractivity contribution in [3.05, 3.63) is 25.3 Å². The van der Waals surface area contributed by atoms with Crippen molar-refractivity contribution in [2.24, 2.45) is 23.2 Å². The van der Waals surface area contributed by atoms with E-state index in [-0.39, 0.29) is 23.0 Å². The molecule has 0 spiro atoms. The van der Waals surface area contributed by atoms with Gasteiger partial charge in [-0.05, 0) is 31.1 Å². The lowest BCUT2D eigenvalue weighted by molar-refractivity contribution is -0.130. The van der Waals surface area contributed by atoms with Gasteiger partial charge >= 0.3 is 0 Å². The second-order valence-corrected chi connectivity index (χ2v) is 5.43. The molecule has 2 nitrogen and oxygen atoms in total. The molecule has 2 aliphatic rings. The normalized spacial score (nSPS) is 46.8. The van der Waals surface area contributed by atoms with E-state index in [4.69, 9.17) is 0 Å². The maximum absolute atomic E-state index is 12.3. The summed E-state index contributed by atoms with van der Waals surface area (Å²) in [5, 5.41) is 9.97. The molecule has 0 aromatic rings. The molecule has 0 unspecified atom stereocenters. The summed E-state index contributed by atoms with van der Waals surface area (Å²) in [7, 11) is 0. The molecule has 16 heavy (non-hydrogen) atoms. The van der Waals surface area contributed by atoms with E-state index in [0.717, 1.165) is 6.42 Å². The average molecular weight is 220 g/mol. The number of ketones is 1. The molecule has 0 saturated heterocycles. The Bertz CT molecular complexity index is 334. The van der Waals surface area contributed by atoms with Crippen LogP contribution in [0.3, 0.4) is 0 Å². The molecule has 2 heteroatoms. The largest absolute Gasteiger partial charge is 0.392 e. The molecular weight excluding hydrogens is 200 g/mol. The van der Waals surface area contributed by atoms with Crippen LogP contribution in [0, 0.1) is 23.2 Å². The van der Waals surface area contributed by atoms with Gasteiger partial charge in [0.15, 0.2) is 0 Å². The van der Waals surface area contributed by atoms with Crippen molar-refractivity contribution >= 4 is 5.78 Å². The number of fused-ring (bicyclic) bond motifs is 2. The molecule has 0 aromatic carbocycles. The van der Waals surface area contributed by atoms with Crippen LogP contribution in [0.15, 0.2) is 25.3 Å². The second-order valence-electron chi connectivity index (χ2n) is 5.43. The van der Waals surface area contributed by atoms with Crippen LogP contribution in [0.1, 0.15) is 26.2 Å². The summed E-state index contributed by atoms with van der Waals surface area (Å²) >= 11 is 0. The van der Waals surface area contributed by atoms with Gasteiger partial charge in [-0.15, -0.1) is 13.2 Å². The lowest BCUT2D eigenvalue weighted by atomic mass is 9.69. The van der Waals surface area contributed by atoms with Gasteiger partial charge in [0.1, 0.15) is 5.78 Å². The standard InChI is InChI=1S/C14H20O2/c1-4-6-14(3)11-8-10(13(14)16)12(15)7-9(11)5-2/h4-5,9-12,15H,1-2,6-8H2,3H3/t9-,10+,11-,12-,14-/m0/s1. The number of aliphatic hydroxyl groups is 1. The first-order chi connectivity index (χ1) is 7.54. The van der Waals surface area contributed by atoms with Crippen molar-refractivity contribution in [3.8, 4) is 0 Å². The van der Waals surface area contributed by atoms with Gasteiger partial charge in [0, 0.05) is 11.3 Å². The molecule has 1 N–H and O–H groups in total. The second kappa shape index (κ2) is 3.85. The van der Waals surface area contributed by atoms with Crippen molar-refractivity contribution in [3.63, 3.8) is 0 Å². The van der Waals surface area contributed by atoms with Gasteiger partial charge < -0.3 is 5.11 Å². The van der Waals surface area contributed by atoms with Crippen LogP contribution in [0.2, 0.25) is 0 Å². The van der Waals surface area contributed by atoms with Crippen molar-refractivity contribution in [1.82, 2.24) is 0 Å². The number of hydrogen-bond donors (Lipinski definition) is 1. The fourth-order valence-electron chi connectivity index (χ4n) is 3.65. The number of rotatable bonds is 3. The third-order valence-electron chi connectivity index (χ3n) is 4.59. The molecule has 0 aliphatic heterocycles. The van der Waals surface area contributed by atoms with Gasteiger partial charge in [0.25, 0.3) is 0 Å². The summed E-state index contributed by atoms with van der Waals surface area (Å²) in [6.45, 7) is 9.61. The number of aliphatic hydroxyl groups excluding tert-OH is 1. The number of carbonyl (C=O) groups excluding carboxylic acids is 1. The first-order valence-corrected chi connectivity index (χ1v) is 6.00. The minimum Gasteiger partial charge on any atom is -0.392 e. The first kappa shape index (κ1) is 11.6. The molecule has 2 bridgehead atoms. The Morgan fingerprint density at radius 3 is 2.75 bits per heavy atom. The van der Waals surface area contributed by atoms with Crippen molar-refractivity contribution in [2.75, 3.05) is 0 Å². The number of hydrogen-bond acceptors (Lipinski definition) is 2. The van der Waals surface area contributed by atoms with Crippen LogP contribution < -0.4 is 0 Å². The highest BCUT2D eigenvalue weighted by atomic mass is 16.3. The summed E-state index contributed by atoms with van der Waals surface area (Å²) in [5.41, 5.74) is -0.331. The predicted octanol–water partition coefficient (Wildman–Crippen LogP) is 2.34. The van der Waals surface area contributed by atoms with Crippen LogP contribution >= 0.6 is 0 Å². The Labute approximate surface area is 97.0 Å². The van der Waals surface area contributed by atoms with Crippen LogP contribution in [-0.2, 0) is 4.79 Å². The highest BCUT2D eigenvalue weighted by Gasteiger charge is 2.57. The Morgan fingerprint density at radius 1 is 1.50 bits per heavy atom. The van der Waals surface area contributed by atoms with Crippen molar-refractivity contribution in [1.29, 1.82) is 0 Å². The zero-order valence-electron chi connectivity index (χ0n) is 9.86. The van der Waals surface area contributed by atoms with E-state index in [1.807, 2.05) is 19.1 Å². The predicted molar refractivity (Wildman–Crippen MR) is 63.8 cm³/mol.